The largest absolute Gasteiger partial charge is 0.368 e. The number of aromatic nitrogens is 1. The summed E-state index contributed by atoms with van der Waals surface area (Å²) in [6.45, 7) is 0.610. The van der Waals surface area contributed by atoms with E-state index in [1.807, 2.05) is 24.3 Å². The Kier molecular flexibility index (Phi) is 4.67. The molecule has 0 N–H and O–H groups in total. The van der Waals surface area contributed by atoms with E-state index in [1.54, 1.807) is 24.2 Å². The maximum atomic E-state index is 13.7. The molecule has 1 aliphatic heterocycles. The minimum absolute atomic E-state index is 0.0950. The van der Waals surface area contributed by atoms with Crippen molar-refractivity contribution in [2.24, 2.45) is 0 Å². The van der Waals surface area contributed by atoms with E-state index in [2.05, 4.69) is 4.98 Å². The highest BCUT2D eigenvalue weighted by Crippen LogP contribution is 2.28. The van der Waals surface area contributed by atoms with Gasteiger partial charge in [0.2, 0.25) is 0 Å². The second kappa shape index (κ2) is 6.87. The van der Waals surface area contributed by atoms with Crippen LogP contribution in [-0.2, 0) is 9.53 Å². The molecule has 1 saturated heterocycles. The summed E-state index contributed by atoms with van der Waals surface area (Å²) in [5, 5.41) is 0. The van der Waals surface area contributed by atoms with Gasteiger partial charge in [0.25, 0.3) is 5.91 Å². The molecule has 120 valence electrons. The van der Waals surface area contributed by atoms with Gasteiger partial charge in [0.05, 0.1) is 11.7 Å². The Balaban J connectivity index is 1.96. The van der Waals surface area contributed by atoms with Crippen LogP contribution in [0.3, 0.4) is 0 Å². The summed E-state index contributed by atoms with van der Waals surface area (Å²) in [5.41, 5.74) is 1.39. The first kappa shape index (κ1) is 15.6. The first-order chi connectivity index (χ1) is 11.2. The molecule has 4 nitrogen and oxygen atoms in total. The molecule has 1 fully saturated rings. The molecule has 1 aromatic carbocycles. The molecule has 0 radical (unpaired) electrons. The van der Waals surface area contributed by atoms with Gasteiger partial charge in [-0.3, -0.25) is 9.78 Å². The third-order valence-electron chi connectivity index (χ3n) is 4.07. The molecule has 2 atom stereocenters. The molecule has 5 heteroatoms. The molecule has 1 aliphatic rings. The van der Waals surface area contributed by atoms with Crippen molar-refractivity contribution in [3.8, 4) is 0 Å². The number of halogens is 1. The second-order valence-electron chi connectivity index (χ2n) is 5.66. The summed E-state index contributed by atoms with van der Waals surface area (Å²) >= 11 is 0. The van der Waals surface area contributed by atoms with Crippen LogP contribution < -0.4 is 0 Å². The van der Waals surface area contributed by atoms with E-state index in [0.29, 0.717) is 17.9 Å². The lowest BCUT2D eigenvalue weighted by Crippen LogP contribution is -2.39. The highest BCUT2D eigenvalue weighted by molar-refractivity contribution is 5.81. The van der Waals surface area contributed by atoms with E-state index in [1.165, 1.54) is 12.1 Å². The van der Waals surface area contributed by atoms with Gasteiger partial charge >= 0.3 is 0 Å². The number of carbonyl (C=O) groups is 1. The minimum Gasteiger partial charge on any atom is -0.368 e. The fourth-order valence-electron chi connectivity index (χ4n) is 2.93. The molecule has 1 aromatic heterocycles. The number of ether oxygens (including phenoxy) is 1. The van der Waals surface area contributed by atoms with Gasteiger partial charge in [-0.2, -0.15) is 0 Å². The van der Waals surface area contributed by atoms with Gasteiger partial charge < -0.3 is 9.64 Å². The predicted molar refractivity (Wildman–Crippen MR) is 84.2 cm³/mol. The molecule has 0 unspecified atom stereocenters. The van der Waals surface area contributed by atoms with E-state index in [4.69, 9.17) is 4.74 Å². The third-order valence-corrected chi connectivity index (χ3v) is 4.07. The fraction of sp³-hybridized carbons (Fsp3) is 0.333. The van der Waals surface area contributed by atoms with E-state index in [0.717, 1.165) is 12.8 Å². The van der Waals surface area contributed by atoms with Crippen molar-refractivity contribution in [3.63, 3.8) is 0 Å². The maximum Gasteiger partial charge on any atom is 0.252 e. The van der Waals surface area contributed by atoms with E-state index in [-0.39, 0.29) is 11.7 Å². The summed E-state index contributed by atoms with van der Waals surface area (Å²) in [7, 11) is 1.72. The number of hydrogen-bond acceptors (Lipinski definition) is 3. The second-order valence-corrected chi connectivity index (χ2v) is 5.66. The monoisotopic (exact) mass is 314 g/mol. The number of pyridine rings is 1. The van der Waals surface area contributed by atoms with Gasteiger partial charge in [-0.15, -0.1) is 0 Å². The van der Waals surface area contributed by atoms with Crippen LogP contribution >= 0.6 is 0 Å². The molecule has 1 amide bonds. The molecule has 23 heavy (non-hydrogen) atoms. The summed E-state index contributed by atoms with van der Waals surface area (Å²) < 4.78 is 19.2. The average Bonchev–Trinajstić information content (AvgIpc) is 3.10. The van der Waals surface area contributed by atoms with Crippen LogP contribution in [0.25, 0.3) is 0 Å². The topological polar surface area (TPSA) is 42.4 Å². The van der Waals surface area contributed by atoms with Gasteiger partial charge in [-0.1, -0.05) is 18.2 Å². The van der Waals surface area contributed by atoms with Crippen LogP contribution in [0.4, 0.5) is 4.39 Å². The summed E-state index contributed by atoms with van der Waals surface area (Å²) in [6, 6.07) is 11.4. The maximum absolute atomic E-state index is 13.7. The SMILES string of the molecule is CN(C(=O)[C@@H]1CCCO1)[C@@H](c1cccc(F)c1)c1ccccn1. The van der Waals surface area contributed by atoms with Crippen molar-refractivity contribution in [3.05, 3.63) is 65.7 Å². The first-order valence-electron chi connectivity index (χ1n) is 7.71. The zero-order valence-corrected chi connectivity index (χ0v) is 13.0. The summed E-state index contributed by atoms with van der Waals surface area (Å²) in [6.07, 6.45) is 2.87. The molecule has 0 spiro atoms. The number of hydrogen-bond donors (Lipinski definition) is 0. The quantitative estimate of drug-likeness (QED) is 0.871. The van der Waals surface area contributed by atoms with Gasteiger partial charge in [-0.05, 0) is 42.7 Å². The molecule has 0 bridgehead atoms. The number of benzene rings is 1. The van der Waals surface area contributed by atoms with Crippen molar-refractivity contribution < 1.29 is 13.9 Å². The highest BCUT2D eigenvalue weighted by Gasteiger charge is 2.32. The van der Waals surface area contributed by atoms with Crippen molar-refractivity contribution in [1.82, 2.24) is 9.88 Å². The van der Waals surface area contributed by atoms with Gasteiger partial charge in [0, 0.05) is 19.9 Å². The average molecular weight is 314 g/mol. The zero-order chi connectivity index (χ0) is 16.2. The fourth-order valence-corrected chi connectivity index (χ4v) is 2.93. The van der Waals surface area contributed by atoms with Crippen LogP contribution in [0.15, 0.2) is 48.7 Å². The first-order valence-corrected chi connectivity index (χ1v) is 7.71. The third kappa shape index (κ3) is 3.40. The molecule has 0 saturated carbocycles. The number of nitrogens with zero attached hydrogens (tertiary/aromatic N) is 2. The van der Waals surface area contributed by atoms with Gasteiger partial charge in [0.15, 0.2) is 0 Å². The lowest BCUT2D eigenvalue weighted by Gasteiger charge is -2.30. The van der Waals surface area contributed by atoms with Crippen LogP contribution in [-0.4, -0.2) is 35.5 Å². The lowest BCUT2D eigenvalue weighted by molar-refractivity contribution is -0.141. The molecular formula is C18H19FN2O2. The Morgan fingerprint density at radius 2 is 2.22 bits per heavy atom. The molecule has 0 aliphatic carbocycles. The van der Waals surface area contributed by atoms with Crippen molar-refractivity contribution in [2.75, 3.05) is 13.7 Å². The number of likely N-dealkylation sites (N-methyl/N-ethyl adjacent to an activating group) is 1. The van der Waals surface area contributed by atoms with Gasteiger partial charge in [-0.25, -0.2) is 4.39 Å². The van der Waals surface area contributed by atoms with Crippen molar-refractivity contribution >= 4 is 5.91 Å². The Bertz CT molecular complexity index is 672. The predicted octanol–water partition coefficient (Wildman–Crippen LogP) is 2.95. The standard InChI is InChI=1S/C18H19FN2O2/c1-21(18(22)16-9-5-11-23-16)17(15-8-2-3-10-20-15)13-6-4-7-14(19)12-13/h2-4,6-8,10,12,16-17H,5,9,11H2,1H3/t16-,17-/m0/s1. The Morgan fingerprint density at radius 1 is 1.35 bits per heavy atom. The molecular weight excluding hydrogens is 295 g/mol. The minimum atomic E-state index is -0.441. The van der Waals surface area contributed by atoms with Crippen molar-refractivity contribution in [1.29, 1.82) is 0 Å². The Morgan fingerprint density at radius 3 is 2.87 bits per heavy atom. The zero-order valence-electron chi connectivity index (χ0n) is 13.0. The lowest BCUT2D eigenvalue weighted by atomic mass is 10.0. The summed E-state index contributed by atoms with van der Waals surface area (Å²) in [4.78, 5) is 18.7. The number of amides is 1. The summed E-state index contributed by atoms with van der Waals surface area (Å²) in [5.74, 6) is -0.427. The Labute approximate surface area is 134 Å². The normalized spacial score (nSPS) is 18.6. The van der Waals surface area contributed by atoms with E-state index < -0.39 is 12.1 Å². The number of carbonyl (C=O) groups excluding carboxylic acids is 1. The van der Waals surface area contributed by atoms with Crippen LogP contribution in [0.1, 0.15) is 30.1 Å². The molecule has 3 rings (SSSR count). The van der Waals surface area contributed by atoms with Crippen LogP contribution in [0, 0.1) is 5.82 Å². The molecule has 2 aromatic rings. The van der Waals surface area contributed by atoms with E-state index in [9.17, 15) is 9.18 Å². The smallest absolute Gasteiger partial charge is 0.252 e. The van der Waals surface area contributed by atoms with Crippen molar-refractivity contribution in [2.45, 2.75) is 25.0 Å². The number of rotatable bonds is 4. The van der Waals surface area contributed by atoms with Crippen LogP contribution in [0.5, 0.6) is 0 Å². The molecule has 2 heterocycles. The Hall–Kier alpha value is -2.27. The van der Waals surface area contributed by atoms with E-state index >= 15 is 0 Å². The highest BCUT2D eigenvalue weighted by atomic mass is 19.1. The van der Waals surface area contributed by atoms with Gasteiger partial charge in [0.1, 0.15) is 11.9 Å². The van der Waals surface area contributed by atoms with Crippen LogP contribution in [0.2, 0.25) is 0 Å².